The fourth-order valence-corrected chi connectivity index (χ4v) is 3.17. The third kappa shape index (κ3) is 5.05. The maximum absolute atomic E-state index is 12.9. The first-order valence-corrected chi connectivity index (χ1v) is 9.62. The fraction of sp³-hybridized carbons (Fsp3) is 0.160. The van der Waals surface area contributed by atoms with Gasteiger partial charge in [-0.15, -0.1) is 6.58 Å². The summed E-state index contributed by atoms with van der Waals surface area (Å²) < 4.78 is 5.37. The molecule has 0 aliphatic rings. The van der Waals surface area contributed by atoms with Crippen molar-refractivity contribution in [1.29, 1.82) is 0 Å². The number of carbonyl (C=O) groups is 1. The van der Waals surface area contributed by atoms with E-state index in [2.05, 4.69) is 11.6 Å². The zero-order valence-corrected chi connectivity index (χ0v) is 16.4. The van der Waals surface area contributed by atoms with Crippen molar-refractivity contribution >= 4 is 11.7 Å². The van der Waals surface area contributed by atoms with E-state index in [0.717, 1.165) is 22.4 Å². The summed E-state index contributed by atoms with van der Waals surface area (Å²) in [6.45, 7) is 6.03. The molecule has 0 bridgehead atoms. The Morgan fingerprint density at radius 2 is 1.66 bits per heavy atom. The van der Waals surface area contributed by atoms with Crippen molar-refractivity contribution in [3.8, 4) is 0 Å². The topological polar surface area (TPSA) is 51.5 Å². The second kappa shape index (κ2) is 10.1. The summed E-state index contributed by atoms with van der Waals surface area (Å²) in [6, 6.07) is 22.7. The number of pyridine rings is 1. The number of aliphatic imine (C=N–C) groups is 1. The Hall–Kier alpha value is -3.53. The molecule has 0 aliphatic heterocycles. The van der Waals surface area contributed by atoms with Gasteiger partial charge in [0.1, 0.15) is 0 Å². The van der Waals surface area contributed by atoms with Crippen LogP contribution in [0.15, 0.2) is 103 Å². The summed E-state index contributed by atoms with van der Waals surface area (Å²) in [4.78, 5) is 22.0. The molecule has 2 aromatic carbocycles. The van der Waals surface area contributed by atoms with Gasteiger partial charge < -0.3 is 4.74 Å². The summed E-state index contributed by atoms with van der Waals surface area (Å²) in [5.41, 5.74) is 3.47. The van der Waals surface area contributed by atoms with E-state index in [0.29, 0.717) is 0 Å². The highest BCUT2D eigenvalue weighted by Gasteiger charge is 2.29. The van der Waals surface area contributed by atoms with Gasteiger partial charge in [-0.3, -0.25) is 9.98 Å². The van der Waals surface area contributed by atoms with Crippen LogP contribution in [-0.2, 0) is 9.53 Å². The van der Waals surface area contributed by atoms with Crippen LogP contribution >= 0.6 is 0 Å². The van der Waals surface area contributed by atoms with E-state index in [4.69, 9.17) is 9.73 Å². The SMILES string of the molecule is C=C[C@H](c1cccnc1)[C@H](N=C(c1ccccc1)c1ccccc1)C(=O)OCC. The minimum atomic E-state index is -0.771. The van der Waals surface area contributed by atoms with Crippen LogP contribution in [0.2, 0.25) is 0 Å². The highest BCUT2D eigenvalue weighted by Crippen LogP contribution is 2.25. The average molecular weight is 384 g/mol. The van der Waals surface area contributed by atoms with Crippen molar-refractivity contribution in [1.82, 2.24) is 4.98 Å². The highest BCUT2D eigenvalue weighted by atomic mass is 16.5. The molecule has 0 radical (unpaired) electrons. The second-order valence-corrected chi connectivity index (χ2v) is 6.45. The van der Waals surface area contributed by atoms with Gasteiger partial charge in [0, 0.05) is 29.4 Å². The zero-order chi connectivity index (χ0) is 20.5. The lowest BCUT2D eigenvalue weighted by molar-refractivity contribution is -0.144. The predicted molar refractivity (Wildman–Crippen MR) is 116 cm³/mol. The second-order valence-electron chi connectivity index (χ2n) is 6.45. The monoisotopic (exact) mass is 384 g/mol. The Bertz CT molecular complexity index is 912. The van der Waals surface area contributed by atoms with Gasteiger partial charge in [0.05, 0.1) is 12.3 Å². The van der Waals surface area contributed by atoms with Gasteiger partial charge in [-0.1, -0.05) is 72.8 Å². The molecule has 0 spiro atoms. The van der Waals surface area contributed by atoms with Gasteiger partial charge in [-0.05, 0) is 18.6 Å². The van der Waals surface area contributed by atoms with Crippen LogP contribution in [0, 0.1) is 0 Å². The van der Waals surface area contributed by atoms with Crippen LogP contribution in [0.25, 0.3) is 0 Å². The van der Waals surface area contributed by atoms with Crippen LogP contribution in [0.3, 0.4) is 0 Å². The quantitative estimate of drug-likeness (QED) is 0.318. The van der Waals surface area contributed by atoms with Crippen LogP contribution in [0.5, 0.6) is 0 Å². The number of aromatic nitrogens is 1. The molecule has 3 aromatic rings. The fourth-order valence-electron chi connectivity index (χ4n) is 3.17. The Morgan fingerprint density at radius 1 is 1.03 bits per heavy atom. The molecule has 3 rings (SSSR count). The molecule has 0 N–H and O–H groups in total. The van der Waals surface area contributed by atoms with Crippen LogP contribution in [-0.4, -0.2) is 29.3 Å². The van der Waals surface area contributed by atoms with Crippen molar-refractivity contribution in [2.75, 3.05) is 6.61 Å². The molecule has 0 saturated carbocycles. The van der Waals surface area contributed by atoms with Crippen LogP contribution < -0.4 is 0 Å². The largest absolute Gasteiger partial charge is 0.464 e. The first-order chi connectivity index (χ1) is 14.2. The molecule has 0 saturated heterocycles. The molecule has 0 unspecified atom stereocenters. The first-order valence-electron chi connectivity index (χ1n) is 9.62. The Kier molecular flexibility index (Phi) is 7.06. The highest BCUT2D eigenvalue weighted by molar-refractivity contribution is 6.13. The summed E-state index contributed by atoms with van der Waals surface area (Å²) >= 11 is 0. The molecule has 1 heterocycles. The average Bonchev–Trinajstić information content (AvgIpc) is 2.78. The zero-order valence-electron chi connectivity index (χ0n) is 16.4. The molecule has 0 aliphatic carbocycles. The Labute approximate surface area is 171 Å². The van der Waals surface area contributed by atoms with Gasteiger partial charge in [-0.25, -0.2) is 4.79 Å². The summed E-state index contributed by atoms with van der Waals surface area (Å²) in [5, 5.41) is 0. The minimum Gasteiger partial charge on any atom is -0.464 e. The van der Waals surface area contributed by atoms with E-state index in [1.807, 2.05) is 72.8 Å². The lowest BCUT2D eigenvalue weighted by atomic mass is 9.92. The van der Waals surface area contributed by atoms with Gasteiger partial charge >= 0.3 is 5.97 Å². The van der Waals surface area contributed by atoms with Crippen LogP contribution in [0.1, 0.15) is 29.5 Å². The van der Waals surface area contributed by atoms with Gasteiger partial charge in [0.15, 0.2) is 6.04 Å². The molecule has 146 valence electrons. The van der Waals surface area contributed by atoms with E-state index in [1.54, 1.807) is 25.4 Å². The maximum atomic E-state index is 12.9. The number of benzene rings is 2. The summed E-state index contributed by atoms with van der Waals surface area (Å²) in [7, 11) is 0. The molecule has 0 fully saturated rings. The molecule has 4 heteroatoms. The summed E-state index contributed by atoms with van der Waals surface area (Å²) in [5.74, 6) is -0.740. The van der Waals surface area contributed by atoms with E-state index in [9.17, 15) is 4.79 Å². The maximum Gasteiger partial charge on any atom is 0.331 e. The third-order valence-corrected chi connectivity index (χ3v) is 4.55. The van der Waals surface area contributed by atoms with Gasteiger partial charge in [0.2, 0.25) is 0 Å². The number of hydrogen-bond donors (Lipinski definition) is 0. The van der Waals surface area contributed by atoms with Crippen molar-refractivity contribution in [3.63, 3.8) is 0 Å². The smallest absolute Gasteiger partial charge is 0.331 e. The molecule has 1 aromatic heterocycles. The molecule has 0 amide bonds. The number of nitrogens with zero attached hydrogens (tertiary/aromatic N) is 2. The summed E-state index contributed by atoms with van der Waals surface area (Å²) in [6.07, 6.45) is 5.17. The first kappa shape index (κ1) is 20.2. The molecular weight excluding hydrogens is 360 g/mol. The van der Waals surface area contributed by atoms with Crippen molar-refractivity contribution in [2.24, 2.45) is 4.99 Å². The van der Waals surface area contributed by atoms with Crippen molar-refractivity contribution < 1.29 is 9.53 Å². The lowest BCUT2D eigenvalue weighted by Gasteiger charge is -2.21. The van der Waals surface area contributed by atoms with Crippen molar-refractivity contribution in [3.05, 3.63) is 115 Å². The number of rotatable bonds is 8. The van der Waals surface area contributed by atoms with E-state index in [-0.39, 0.29) is 18.5 Å². The van der Waals surface area contributed by atoms with E-state index in [1.165, 1.54) is 0 Å². The van der Waals surface area contributed by atoms with Crippen molar-refractivity contribution in [2.45, 2.75) is 18.9 Å². The number of esters is 1. The van der Waals surface area contributed by atoms with Gasteiger partial charge in [-0.2, -0.15) is 0 Å². The molecule has 2 atom stereocenters. The standard InChI is InChI=1S/C25H24N2O2/c1-3-22(21-16-11-17-26-18-21)24(25(28)29-4-2)27-23(19-12-7-5-8-13-19)20-14-9-6-10-15-20/h3,5-18,22,24H,1,4H2,2H3/t22-,24+/m1/s1. The Morgan fingerprint density at radius 3 is 2.14 bits per heavy atom. The normalized spacial score (nSPS) is 12.4. The number of ether oxygens (including phenoxy) is 1. The van der Waals surface area contributed by atoms with Crippen LogP contribution in [0.4, 0.5) is 0 Å². The molecular formula is C25H24N2O2. The Balaban J connectivity index is 2.14. The minimum absolute atomic E-state index is 0.285. The number of hydrogen-bond acceptors (Lipinski definition) is 4. The van der Waals surface area contributed by atoms with E-state index >= 15 is 0 Å². The lowest BCUT2D eigenvalue weighted by Crippen LogP contribution is -2.29. The number of carbonyl (C=O) groups excluding carboxylic acids is 1. The molecule has 4 nitrogen and oxygen atoms in total. The van der Waals surface area contributed by atoms with E-state index < -0.39 is 6.04 Å². The predicted octanol–water partition coefficient (Wildman–Crippen LogP) is 4.82. The third-order valence-electron chi connectivity index (χ3n) is 4.55. The van der Waals surface area contributed by atoms with Gasteiger partial charge in [0.25, 0.3) is 0 Å². The molecule has 29 heavy (non-hydrogen) atoms.